The molecule has 4 rings (SSSR count). The number of nitrogens with zero attached hydrogens (tertiary/aromatic N) is 3. The van der Waals surface area contributed by atoms with E-state index in [2.05, 4.69) is 15.5 Å². The summed E-state index contributed by atoms with van der Waals surface area (Å²) >= 11 is 1.23. The Morgan fingerprint density at radius 3 is 2.53 bits per heavy atom. The summed E-state index contributed by atoms with van der Waals surface area (Å²) in [5.41, 5.74) is 3.48. The van der Waals surface area contributed by atoms with Gasteiger partial charge < -0.3 is 5.32 Å². The maximum Gasteiger partial charge on any atom is 0.286 e. The van der Waals surface area contributed by atoms with Crippen molar-refractivity contribution in [3.05, 3.63) is 69.2 Å². The minimum Gasteiger partial charge on any atom is -0.320 e. The van der Waals surface area contributed by atoms with Gasteiger partial charge in [0.15, 0.2) is 0 Å². The SMILES string of the molecule is Cc1cc(C)c(S(=O)(=O)N2CCC[C@@H](c3nnc(C(=O)Nc4ccccc4)s3)C2)cc1C. The minimum absolute atomic E-state index is 0.0823. The molecular weight excluding hydrogens is 444 g/mol. The summed E-state index contributed by atoms with van der Waals surface area (Å²) in [5, 5.41) is 12.1. The number of piperidine rings is 1. The molecule has 0 spiro atoms. The van der Waals surface area contributed by atoms with Gasteiger partial charge in [-0.2, -0.15) is 4.31 Å². The van der Waals surface area contributed by atoms with Gasteiger partial charge in [-0.25, -0.2) is 8.42 Å². The van der Waals surface area contributed by atoms with Gasteiger partial charge in [-0.3, -0.25) is 4.79 Å². The number of anilines is 1. The predicted molar refractivity (Wildman–Crippen MR) is 126 cm³/mol. The van der Waals surface area contributed by atoms with E-state index < -0.39 is 10.0 Å². The molecule has 1 aliphatic heterocycles. The fourth-order valence-electron chi connectivity index (χ4n) is 3.91. The highest BCUT2D eigenvalue weighted by molar-refractivity contribution is 7.89. The first-order valence-corrected chi connectivity index (χ1v) is 12.8. The molecule has 1 fully saturated rings. The molecule has 7 nitrogen and oxygen atoms in total. The Hall–Kier alpha value is -2.62. The quantitative estimate of drug-likeness (QED) is 0.601. The van der Waals surface area contributed by atoms with Crippen LogP contribution in [0.4, 0.5) is 5.69 Å². The van der Waals surface area contributed by atoms with Crippen LogP contribution in [0.2, 0.25) is 0 Å². The number of carbonyl (C=O) groups excluding carboxylic acids is 1. The molecule has 32 heavy (non-hydrogen) atoms. The fraction of sp³-hybridized carbons (Fsp3) is 0.348. The molecular formula is C23H26N4O3S2. The van der Waals surface area contributed by atoms with Crippen molar-refractivity contribution in [2.45, 2.75) is 44.4 Å². The molecule has 1 aliphatic rings. The van der Waals surface area contributed by atoms with Crippen LogP contribution < -0.4 is 5.32 Å². The van der Waals surface area contributed by atoms with Crippen LogP contribution in [-0.4, -0.2) is 41.9 Å². The molecule has 0 bridgehead atoms. The van der Waals surface area contributed by atoms with Crippen molar-refractivity contribution in [1.82, 2.24) is 14.5 Å². The lowest BCUT2D eigenvalue weighted by Crippen LogP contribution is -2.39. The van der Waals surface area contributed by atoms with Crippen LogP contribution in [0.3, 0.4) is 0 Å². The first kappa shape index (κ1) is 22.6. The number of nitrogens with one attached hydrogen (secondary N) is 1. The zero-order chi connectivity index (χ0) is 22.9. The summed E-state index contributed by atoms with van der Waals surface area (Å²) in [6.45, 7) is 6.56. The summed E-state index contributed by atoms with van der Waals surface area (Å²) in [7, 11) is -3.61. The number of aryl methyl sites for hydroxylation is 3. The third-order valence-electron chi connectivity index (χ3n) is 5.81. The van der Waals surface area contributed by atoms with Crippen molar-refractivity contribution in [3.63, 3.8) is 0 Å². The van der Waals surface area contributed by atoms with Crippen LogP contribution in [-0.2, 0) is 10.0 Å². The van der Waals surface area contributed by atoms with Crippen molar-refractivity contribution in [3.8, 4) is 0 Å². The van der Waals surface area contributed by atoms with E-state index in [0.29, 0.717) is 28.7 Å². The number of sulfonamides is 1. The minimum atomic E-state index is -3.61. The van der Waals surface area contributed by atoms with Crippen LogP contribution in [0.5, 0.6) is 0 Å². The third kappa shape index (κ3) is 4.60. The van der Waals surface area contributed by atoms with E-state index in [1.807, 2.05) is 45.0 Å². The van der Waals surface area contributed by atoms with Crippen LogP contribution in [0.15, 0.2) is 47.4 Å². The number of para-hydroxylation sites is 1. The Balaban J connectivity index is 1.51. The molecule has 1 atom stereocenters. The highest BCUT2D eigenvalue weighted by Gasteiger charge is 2.33. The molecule has 1 N–H and O–H groups in total. The van der Waals surface area contributed by atoms with Gasteiger partial charge in [-0.1, -0.05) is 35.6 Å². The average molecular weight is 471 g/mol. The standard InChI is InChI=1S/C23H26N4O3S2/c1-15-12-17(3)20(13-16(15)2)32(29,30)27-11-7-8-18(14-27)22-25-26-23(31-22)21(28)24-19-9-5-4-6-10-19/h4-6,9-10,12-13,18H,7-8,11,14H2,1-3H3,(H,24,28)/t18-/m1/s1. The van der Waals surface area contributed by atoms with Crippen molar-refractivity contribution in [2.24, 2.45) is 0 Å². The maximum atomic E-state index is 13.4. The molecule has 168 valence electrons. The van der Waals surface area contributed by atoms with Crippen molar-refractivity contribution in [2.75, 3.05) is 18.4 Å². The number of aromatic nitrogens is 2. The van der Waals surface area contributed by atoms with Gasteiger partial charge in [0, 0.05) is 24.7 Å². The molecule has 9 heteroatoms. The normalized spacial score (nSPS) is 17.3. The lowest BCUT2D eigenvalue weighted by molar-refractivity contribution is 0.102. The van der Waals surface area contributed by atoms with E-state index in [4.69, 9.17) is 0 Å². The van der Waals surface area contributed by atoms with Crippen molar-refractivity contribution < 1.29 is 13.2 Å². The van der Waals surface area contributed by atoms with Gasteiger partial charge in [0.25, 0.3) is 5.91 Å². The molecule has 0 saturated carbocycles. The third-order valence-corrected chi connectivity index (χ3v) is 8.90. The van der Waals surface area contributed by atoms with E-state index >= 15 is 0 Å². The first-order valence-electron chi connectivity index (χ1n) is 10.5. The first-order chi connectivity index (χ1) is 15.3. The number of carbonyl (C=O) groups is 1. The van der Waals surface area contributed by atoms with E-state index in [1.165, 1.54) is 11.3 Å². The molecule has 1 saturated heterocycles. The maximum absolute atomic E-state index is 13.4. The van der Waals surface area contributed by atoms with E-state index in [9.17, 15) is 13.2 Å². The van der Waals surface area contributed by atoms with Crippen LogP contribution in [0, 0.1) is 20.8 Å². The van der Waals surface area contributed by atoms with Gasteiger partial charge in [0.1, 0.15) is 5.01 Å². The molecule has 2 heterocycles. The monoisotopic (exact) mass is 470 g/mol. The molecule has 2 aromatic carbocycles. The van der Waals surface area contributed by atoms with Crippen molar-refractivity contribution in [1.29, 1.82) is 0 Å². The zero-order valence-electron chi connectivity index (χ0n) is 18.3. The Morgan fingerprint density at radius 1 is 1.06 bits per heavy atom. The Kier molecular flexibility index (Phi) is 6.41. The lowest BCUT2D eigenvalue weighted by atomic mass is 10.0. The van der Waals surface area contributed by atoms with Gasteiger partial charge in [0.2, 0.25) is 15.0 Å². The second kappa shape index (κ2) is 9.09. The zero-order valence-corrected chi connectivity index (χ0v) is 20.0. The lowest BCUT2D eigenvalue weighted by Gasteiger charge is -2.31. The van der Waals surface area contributed by atoms with Gasteiger partial charge in [0.05, 0.1) is 4.90 Å². The molecule has 1 aromatic heterocycles. The fourth-order valence-corrected chi connectivity index (χ4v) is 6.59. The Labute approximate surface area is 192 Å². The summed E-state index contributed by atoms with van der Waals surface area (Å²) in [4.78, 5) is 12.9. The second-order valence-corrected chi connectivity index (χ2v) is 11.1. The molecule has 1 amide bonds. The Morgan fingerprint density at radius 2 is 1.78 bits per heavy atom. The van der Waals surface area contributed by atoms with Gasteiger partial charge in [-0.05, 0) is 68.5 Å². The van der Waals surface area contributed by atoms with E-state index in [0.717, 1.165) is 29.5 Å². The topological polar surface area (TPSA) is 92.3 Å². The molecule has 0 radical (unpaired) electrons. The second-order valence-electron chi connectivity index (χ2n) is 8.17. The predicted octanol–water partition coefficient (Wildman–Crippen LogP) is 4.28. The molecule has 3 aromatic rings. The number of hydrogen-bond acceptors (Lipinski definition) is 6. The summed E-state index contributed by atoms with van der Waals surface area (Å²) in [6.07, 6.45) is 1.55. The van der Waals surface area contributed by atoms with E-state index in [1.54, 1.807) is 22.5 Å². The van der Waals surface area contributed by atoms with Crippen LogP contribution >= 0.6 is 11.3 Å². The summed E-state index contributed by atoms with van der Waals surface area (Å²) in [6, 6.07) is 12.9. The largest absolute Gasteiger partial charge is 0.320 e. The summed E-state index contributed by atoms with van der Waals surface area (Å²) < 4.78 is 28.3. The number of benzene rings is 2. The van der Waals surface area contributed by atoms with Crippen LogP contribution in [0.1, 0.15) is 50.3 Å². The smallest absolute Gasteiger partial charge is 0.286 e. The number of rotatable bonds is 5. The highest BCUT2D eigenvalue weighted by atomic mass is 32.2. The highest BCUT2D eigenvalue weighted by Crippen LogP contribution is 2.33. The molecule has 0 aliphatic carbocycles. The average Bonchev–Trinajstić information content (AvgIpc) is 3.27. The van der Waals surface area contributed by atoms with Gasteiger partial charge >= 0.3 is 0 Å². The number of hydrogen-bond donors (Lipinski definition) is 1. The molecule has 0 unspecified atom stereocenters. The summed E-state index contributed by atoms with van der Waals surface area (Å²) in [5.74, 6) is -0.396. The Bertz CT molecular complexity index is 1240. The van der Waals surface area contributed by atoms with E-state index in [-0.39, 0.29) is 16.8 Å². The van der Waals surface area contributed by atoms with Crippen molar-refractivity contribution >= 4 is 33.0 Å². The van der Waals surface area contributed by atoms with Gasteiger partial charge in [-0.15, -0.1) is 10.2 Å². The number of amides is 1. The van der Waals surface area contributed by atoms with Crippen LogP contribution in [0.25, 0.3) is 0 Å².